The van der Waals surface area contributed by atoms with Gasteiger partial charge in [-0.2, -0.15) is 0 Å². The fourth-order valence-corrected chi connectivity index (χ4v) is 3.19. The zero-order valence-electron chi connectivity index (χ0n) is 8.28. The molecular weight excluding hydrogens is 237 g/mol. The van der Waals surface area contributed by atoms with Crippen LogP contribution in [0.3, 0.4) is 0 Å². The van der Waals surface area contributed by atoms with E-state index in [4.69, 9.17) is 0 Å². The van der Waals surface area contributed by atoms with Crippen LogP contribution in [0.2, 0.25) is 5.32 Å². The Morgan fingerprint density at radius 3 is 2.64 bits per heavy atom. The van der Waals surface area contributed by atoms with Crippen molar-refractivity contribution in [3.63, 3.8) is 0 Å². The summed E-state index contributed by atoms with van der Waals surface area (Å²) in [5.41, 5.74) is 1.32. The number of hydrogen-bond donors (Lipinski definition) is 0. The van der Waals surface area contributed by atoms with Crippen molar-refractivity contribution in [1.29, 1.82) is 0 Å². The molecule has 1 aliphatic heterocycles. The first-order valence-corrected chi connectivity index (χ1v) is 7.03. The van der Waals surface area contributed by atoms with Crippen LogP contribution in [0.4, 0.5) is 0 Å². The van der Waals surface area contributed by atoms with Gasteiger partial charge in [0, 0.05) is 0 Å². The Labute approximate surface area is 92.0 Å². The van der Waals surface area contributed by atoms with Crippen LogP contribution in [-0.2, 0) is 0 Å². The van der Waals surface area contributed by atoms with Gasteiger partial charge in [-0.25, -0.2) is 0 Å². The van der Waals surface area contributed by atoms with E-state index in [0.717, 1.165) is 6.54 Å². The molecule has 0 amide bonds. The fraction of sp³-hybridized carbons (Fsp3) is 0.333. The molecule has 14 heavy (non-hydrogen) atoms. The molecule has 74 valence electrons. The Kier molecular flexibility index (Phi) is 3.28. The summed E-state index contributed by atoms with van der Waals surface area (Å²) in [6.45, 7) is 6.27. The molecule has 2 heteroatoms. The molecule has 0 unspecified atom stereocenters. The fourth-order valence-electron chi connectivity index (χ4n) is 1.38. The molecule has 1 saturated heterocycles. The van der Waals surface area contributed by atoms with Crippen molar-refractivity contribution < 1.29 is 0 Å². The summed E-state index contributed by atoms with van der Waals surface area (Å²) in [5.74, 6) is 0. The van der Waals surface area contributed by atoms with Crippen LogP contribution in [0, 0.1) is 0 Å². The second kappa shape index (κ2) is 4.68. The summed E-state index contributed by atoms with van der Waals surface area (Å²) in [4.78, 5) is 2.35. The van der Waals surface area contributed by atoms with Crippen molar-refractivity contribution in [3.05, 3.63) is 42.6 Å². The summed E-state index contributed by atoms with van der Waals surface area (Å²) in [5, 5.41) is 1.35. The third kappa shape index (κ3) is 2.90. The standard InChI is InChI=1S/C12H15NSe/c1-11-10-13(11)8-5-9-14-12-6-3-2-4-7-12/h2-4,6-7H,1,5,8-10H2. The predicted octanol–water partition coefficient (Wildman–Crippen LogP) is 1.65. The average molecular weight is 252 g/mol. The van der Waals surface area contributed by atoms with Gasteiger partial charge in [-0.1, -0.05) is 0 Å². The second-order valence-corrected chi connectivity index (χ2v) is 5.95. The van der Waals surface area contributed by atoms with Gasteiger partial charge in [0.05, 0.1) is 0 Å². The predicted molar refractivity (Wildman–Crippen MR) is 62.0 cm³/mol. The number of nitrogens with zero attached hydrogens (tertiary/aromatic N) is 1. The summed E-state index contributed by atoms with van der Waals surface area (Å²) in [7, 11) is 0. The van der Waals surface area contributed by atoms with Crippen molar-refractivity contribution in [2.24, 2.45) is 0 Å². The Morgan fingerprint density at radius 2 is 2.00 bits per heavy atom. The first kappa shape index (κ1) is 9.82. The molecule has 1 heterocycles. The van der Waals surface area contributed by atoms with Gasteiger partial charge in [0.1, 0.15) is 0 Å². The molecule has 1 aliphatic rings. The average Bonchev–Trinajstić information content (AvgIpc) is 2.91. The van der Waals surface area contributed by atoms with E-state index in [9.17, 15) is 0 Å². The Morgan fingerprint density at radius 1 is 1.29 bits per heavy atom. The third-order valence-electron chi connectivity index (χ3n) is 2.30. The zero-order valence-corrected chi connectivity index (χ0v) is 9.99. The molecule has 2 rings (SSSR count). The van der Waals surface area contributed by atoms with Gasteiger partial charge in [0.2, 0.25) is 0 Å². The van der Waals surface area contributed by atoms with E-state index in [1.165, 1.54) is 28.4 Å². The monoisotopic (exact) mass is 253 g/mol. The first-order valence-electron chi connectivity index (χ1n) is 4.97. The maximum atomic E-state index is 3.92. The van der Waals surface area contributed by atoms with Gasteiger partial charge in [-0.3, -0.25) is 0 Å². The van der Waals surface area contributed by atoms with Gasteiger partial charge in [0.15, 0.2) is 0 Å². The molecule has 0 N–H and O–H groups in total. The van der Waals surface area contributed by atoms with E-state index < -0.39 is 0 Å². The van der Waals surface area contributed by atoms with E-state index in [1.807, 2.05) is 0 Å². The third-order valence-corrected chi connectivity index (χ3v) is 4.61. The first-order chi connectivity index (χ1) is 6.86. The van der Waals surface area contributed by atoms with E-state index in [2.05, 4.69) is 41.8 Å². The van der Waals surface area contributed by atoms with Crippen molar-refractivity contribution in [1.82, 2.24) is 4.90 Å². The van der Waals surface area contributed by atoms with Crippen LogP contribution in [0.1, 0.15) is 6.42 Å². The molecular formula is C12H15NSe. The van der Waals surface area contributed by atoms with Gasteiger partial charge in [-0.15, -0.1) is 0 Å². The van der Waals surface area contributed by atoms with Crippen LogP contribution in [0.25, 0.3) is 0 Å². The maximum absolute atomic E-state index is 3.92. The van der Waals surface area contributed by atoms with Crippen molar-refractivity contribution in [3.8, 4) is 0 Å². The molecule has 1 nitrogen and oxygen atoms in total. The van der Waals surface area contributed by atoms with Crippen LogP contribution < -0.4 is 4.46 Å². The van der Waals surface area contributed by atoms with Crippen molar-refractivity contribution >= 4 is 19.4 Å². The SMILES string of the molecule is C=C1CN1CCC[Se]c1ccccc1. The molecule has 0 saturated carbocycles. The molecule has 1 fully saturated rings. The van der Waals surface area contributed by atoms with E-state index in [-0.39, 0.29) is 0 Å². The second-order valence-electron chi connectivity index (χ2n) is 3.50. The van der Waals surface area contributed by atoms with E-state index >= 15 is 0 Å². The number of hydrogen-bond acceptors (Lipinski definition) is 1. The van der Waals surface area contributed by atoms with Crippen LogP contribution in [0.15, 0.2) is 42.6 Å². The molecule has 0 spiro atoms. The van der Waals surface area contributed by atoms with E-state index in [1.54, 1.807) is 0 Å². The number of benzene rings is 1. The van der Waals surface area contributed by atoms with Gasteiger partial charge < -0.3 is 0 Å². The Balaban J connectivity index is 1.61. The zero-order chi connectivity index (χ0) is 9.80. The summed E-state index contributed by atoms with van der Waals surface area (Å²) in [6, 6.07) is 10.8. The quantitative estimate of drug-likeness (QED) is 0.437. The minimum absolute atomic E-state index is 0.665. The summed E-state index contributed by atoms with van der Waals surface area (Å²) >= 11 is 0.665. The number of rotatable bonds is 5. The van der Waals surface area contributed by atoms with Crippen LogP contribution in [-0.4, -0.2) is 32.9 Å². The Hall–Kier alpha value is -0.721. The minimum atomic E-state index is 0.665. The Bertz CT molecular complexity index is 307. The van der Waals surface area contributed by atoms with Gasteiger partial charge in [-0.05, 0) is 0 Å². The molecule has 0 bridgehead atoms. The molecule has 0 aromatic heterocycles. The molecule has 1 aromatic carbocycles. The molecule has 1 aromatic rings. The van der Waals surface area contributed by atoms with E-state index in [0.29, 0.717) is 15.0 Å². The van der Waals surface area contributed by atoms with Gasteiger partial charge >= 0.3 is 91.8 Å². The van der Waals surface area contributed by atoms with Crippen molar-refractivity contribution in [2.45, 2.75) is 11.7 Å². The summed E-state index contributed by atoms with van der Waals surface area (Å²) < 4.78 is 1.52. The topological polar surface area (TPSA) is 3.01 Å². The molecule has 0 aliphatic carbocycles. The van der Waals surface area contributed by atoms with Crippen molar-refractivity contribution in [2.75, 3.05) is 13.1 Å². The molecule has 0 atom stereocenters. The normalized spacial score (nSPS) is 14.6. The van der Waals surface area contributed by atoms with Crippen LogP contribution >= 0.6 is 0 Å². The molecule has 0 radical (unpaired) electrons. The van der Waals surface area contributed by atoms with Gasteiger partial charge in [0.25, 0.3) is 0 Å². The van der Waals surface area contributed by atoms with Crippen LogP contribution in [0.5, 0.6) is 0 Å². The summed E-state index contributed by atoms with van der Waals surface area (Å²) in [6.07, 6.45) is 1.31.